The number of nitrogens with two attached hydrogens (primary N) is 1. The Morgan fingerprint density at radius 2 is 2.10 bits per heavy atom. The Balaban J connectivity index is 1.71. The lowest BCUT2D eigenvalue weighted by atomic mass is 10.1. The predicted octanol–water partition coefficient (Wildman–Crippen LogP) is 1.86. The first-order valence-electron chi connectivity index (χ1n) is 6.48. The van der Waals surface area contributed by atoms with E-state index in [0.29, 0.717) is 6.42 Å². The molecule has 0 spiro atoms. The number of rotatable bonds is 6. The predicted molar refractivity (Wildman–Crippen MR) is 78.1 cm³/mol. The molecule has 1 aliphatic rings. The molecule has 104 valence electrons. The molecule has 6 nitrogen and oxygen atoms in total. The van der Waals surface area contributed by atoms with Crippen molar-refractivity contribution in [3.05, 3.63) is 30.3 Å². The number of thioether (sulfide) groups is 1. The Labute approximate surface area is 121 Å². The van der Waals surface area contributed by atoms with E-state index in [2.05, 4.69) is 15.5 Å². The summed E-state index contributed by atoms with van der Waals surface area (Å²) in [6.07, 6.45) is 2.94. The fourth-order valence-corrected chi connectivity index (χ4v) is 3.36. The summed E-state index contributed by atoms with van der Waals surface area (Å²) in [4.78, 5) is 0. The van der Waals surface area contributed by atoms with Crippen LogP contribution in [-0.4, -0.2) is 31.8 Å². The van der Waals surface area contributed by atoms with Gasteiger partial charge in [0.1, 0.15) is 0 Å². The van der Waals surface area contributed by atoms with Crippen LogP contribution < -0.4 is 5.73 Å². The number of tetrazole rings is 1. The molecule has 1 fully saturated rings. The fraction of sp³-hybridized carbons (Fsp3) is 0.385. The lowest BCUT2D eigenvalue weighted by Crippen LogP contribution is -2.18. The van der Waals surface area contributed by atoms with Gasteiger partial charge in [0.25, 0.3) is 0 Å². The summed E-state index contributed by atoms with van der Waals surface area (Å²) in [6.45, 7) is 0. The second-order valence-corrected chi connectivity index (χ2v) is 6.14. The molecule has 1 aromatic carbocycles. The van der Waals surface area contributed by atoms with Crippen LogP contribution in [0.15, 0.2) is 35.5 Å². The van der Waals surface area contributed by atoms with Crippen molar-refractivity contribution in [1.29, 1.82) is 5.41 Å². The van der Waals surface area contributed by atoms with Gasteiger partial charge >= 0.3 is 0 Å². The lowest BCUT2D eigenvalue weighted by Gasteiger charge is -2.12. The van der Waals surface area contributed by atoms with Crippen molar-refractivity contribution in [1.82, 2.24) is 20.2 Å². The molecule has 0 atom stereocenters. The van der Waals surface area contributed by atoms with Crippen LogP contribution >= 0.6 is 11.8 Å². The molecule has 2 aromatic rings. The first kappa shape index (κ1) is 13.1. The highest BCUT2D eigenvalue weighted by Crippen LogP contribution is 2.51. The van der Waals surface area contributed by atoms with Crippen LogP contribution in [0.1, 0.15) is 19.3 Å². The summed E-state index contributed by atoms with van der Waals surface area (Å²) in [5.74, 6) is 1.17. The highest BCUT2D eigenvalue weighted by Gasteiger charge is 2.43. The molecule has 1 aromatic heterocycles. The van der Waals surface area contributed by atoms with Gasteiger partial charge in [-0.05, 0) is 40.8 Å². The summed E-state index contributed by atoms with van der Waals surface area (Å²) < 4.78 is 1.74. The van der Waals surface area contributed by atoms with Crippen molar-refractivity contribution >= 4 is 17.6 Å². The third kappa shape index (κ3) is 2.82. The monoisotopic (exact) mass is 288 g/mol. The molecule has 7 heteroatoms. The van der Waals surface area contributed by atoms with Crippen molar-refractivity contribution in [2.24, 2.45) is 11.1 Å². The smallest absolute Gasteiger partial charge is 0.214 e. The third-order valence-electron chi connectivity index (χ3n) is 3.47. The van der Waals surface area contributed by atoms with E-state index in [0.717, 1.165) is 29.4 Å². The van der Waals surface area contributed by atoms with E-state index in [1.54, 1.807) is 16.4 Å². The lowest BCUT2D eigenvalue weighted by molar-refractivity contribution is 0.610. The number of hydrogen-bond donors (Lipinski definition) is 2. The van der Waals surface area contributed by atoms with Crippen LogP contribution in [0, 0.1) is 10.8 Å². The van der Waals surface area contributed by atoms with Crippen LogP contribution in [0.5, 0.6) is 0 Å². The zero-order chi connectivity index (χ0) is 14.0. The van der Waals surface area contributed by atoms with Crippen molar-refractivity contribution in [3.63, 3.8) is 0 Å². The number of nitrogens with zero attached hydrogens (tertiary/aromatic N) is 4. The zero-order valence-electron chi connectivity index (χ0n) is 11.0. The Kier molecular flexibility index (Phi) is 3.43. The average Bonchev–Trinajstić information content (AvgIpc) is 3.03. The standard InChI is InChI=1S/C13H16N6S/c14-11(15)8-13(6-7-13)9-20-12-16-17-18-19(12)10-4-2-1-3-5-10/h1-5H,6-9H2,(H3,14,15). The van der Waals surface area contributed by atoms with E-state index >= 15 is 0 Å². The molecule has 3 rings (SSSR count). The minimum absolute atomic E-state index is 0.184. The maximum Gasteiger partial charge on any atom is 0.214 e. The molecular weight excluding hydrogens is 272 g/mol. The Hall–Kier alpha value is -1.89. The number of para-hydroxylation sites is 1. The van der Waals surface area contributed by atoms with E-state index in [4.69, 9.17) is 11.1 Å². The molecule has 1 aliphatic carbocycles. The minimum atomic E-state index is 0.184. The SMILES string of the molecule is N=C(N)CC1(CSc2nnnn2-c2ccccc2)CC1. The van der Waals surface area contributed by atoms with Crippen LogP contribution in [0.3, 0.4) is 0 Å². The van der Waals surface area contributed by atoms with Gasteiger partial charge in [0.05, 0.1) is 11.5 Å². The highest BCUT2D eigenvalue weighted by atomic mass is 32.2. The quantitative estimate of drug-likeness (QED) is 0.481. The molecule has 0 radical (unpaired) electrons. The first-order valence-corrected chi connectivity index (χ1v) is 7.47. The fourth-order valence-electron chi connectivity index (χ4n) is 2.17. The number of amidine groups is 1. The van der Waals surface area contributed by atoms with Crippen molar-refractivity contribution in [2.45, 2.75) is 24.4 Å². The minimum Gasteiger partial charge on any atom is -0.388 e. The molecule has 3 N–H and O–H groups in total. The molecule has 0 bridgehead atoms. The molecular formula is C13H16N6S. The van der Waals surface area contributed by atoms with Crippen molar-refractivity contribution < 1.29 is 0 Å². The van der Waals surface area contributed by atoms with Crippen LogP contribution in [-0.2, 0) is 0 Å². The summed E-state index contributed by atoms with van der Waals surface area (Å²) in [5, 5.41) is 20.1. The maximum absolute atomic E-state index is 7.44. The van der Waals surface area contributed by atoms with E-state index in [9.17, 15) is 0 Å². The molecule has 0 unspecified atom stereocenters. The summed E-state index contributed by atoms with van der Waals surface area (Å²) in [7, 11) is 0. The normalized spacial score (nSPS) is 16.0. The number of nitrogens with one attached hydrogen (secondary N) is 1. The van der Waals surface area contributed by atoms with Gasteiger partial charge in [-0.1, -0.05) is 30.0 Å². The van der Waals surface area contributed by atoms with E-state index in [-0.39, 0.29) is 11.3 Å². The van der Waals surface area contributed by atoms with Gasteiger partial charge in [-0.25, -0.2) is 0 Å². The first-order chi connectivity index (χ1) is 9.69. The maximum atomic E-state index is 7.44. The second kappa shape index (κ2) is 5.24. The number of aromatic nitrogens is 4. The molecule has 1 heterocycles. The van der Waals surface area contributed by atoms with Crippen LogP contribution in [0.25, 0.3) is 5.69 Å². The van der Waals surface area contributed by atoms with Gasteiger partial charge in [-0.2, -0.15) is 4.68 Å². The Morgan fingerprint density at radius 1 is 1.35 bits per heavy atom. The molecule has 0 amide bonds. The van der Waals surface area contributed by atoms with E-state index in [1.165, 1.54) is 0 Å². The summed E-state index contributed by atoms with van der Waals surface area (Å²) in [6, 6.07) is 9.84. The van der Waals surface area contributed by atoms with Crippen LogP contribution in [0.4, 0.5) is 0 Å². The van der Waals surface area contributed by atoms with Gasteiger partial charge in [0, 0.05) is 12.2 Å². The summed E-state index contributed by atoms with van der Waals surface area (Å²) >= 11 is 1.63. The average molecular weight is 288 g/mol. The number of benzene rings is 1. The zero-order valence-corrected chi connectivity index (χ0v) is 11.8. The van der Waals surface area contributed by atoms with Crippen molar-refractivity contribution in [2.75, 3.05) is 5.75 Å². The Morgan fingerprint density at radius 3 is 2.75 bits per heavy atom. The van der Waals surface area contributed by atoms with Gasteiger partial charge in [-0.3, -0.25) is 5.41 Å². The summed E-state index contributed by atoms with van der Waals surface area (Å²) in [5.41, 5.74) is 6.66. The molecule has 0 saturated heterocycles. The molecule has 1 saturated carbocycles. The topological polar surface area (TPSA) is 93.5 Å². The van der Waals surface area contributed by atoms with Gasteiger partial charge in [0.2, 0.25) is 5.16 Å². The largest absolute Gasteiger partial charge is 0.388 e. The third-order valence-corrected chi connectivity index (χ3v) is 4.74. The highest BCUT2D eigenvalue weighted by molar-refractivity contribution is 7.99. The van der Waals surface area contributed by atoms with E-state index in [1.807, 2.05) is 30.3 Å². The Bertz CT molecular complexity index is 604. The van der Waals surface area contributed by atoms with Gasteiger partial charge < -0.3 is 5.73 Å². The van der Waals surface area contributed by atoms with Gasteiger partial charge in [0.15, 0.2) is 0 Å². The van der Waals surface area contributed by atoms with Crippen molar-refractivity contribution in [3.8, 4) is 5.69 Å². The number of hydrogen-bond acceptors (Lipinski definition) is 5. The molecule has 20 heavy (non-hydrogen) atoms. The van der Waals surface area contributed by atoms with Crippen LogP contribution in [0.2, 0.25) is 0 Å². The second-order valence-electron chi connectivity index (χ2n) is 5.20. The van der Waals surface area contributed by atoms with Gasteiger partial charge in [-0.15, -0.1) is 5.10 Å². The van der Waals surface area contributed by atoms with E-state index < -0.39 is 0 Å². The molecule has 0 aliphatic heterocycles.